The number of nitrogens with zero attached hydrogens (tertiary/aromatic N) is 6. The van der Waals surface area contributed by atoms with Gasteiger partial charge in [-0.05, 0) is 49.6 Å². The predicted molar refractivity (Wildman–Crippen MR) is 144 cm³/mol. The van der Waals surface area contributed by atoms with E-state index in [1.807, 2.05) is 42.2 Å². The van der Waals surface area contributed by atoms with E-state index < -0.39 is 0 Å². The number of hydrogen-bond donors (Lipinski definition) is 0. The molecule has 1 atom stereocenters. The van der Waals surface area contributed by atoms with Crippen LogP contribution in [0.4, 0.5) is 10.2 Å². The summed E-state index contributed by atoms with van der Waals surface area (Å²) in [6, 6.07) is 16.3. The maximum atomic E-state index is 13.6. The summed E-state index contributed by atoms with van der Waals surface area (Å²) in [6.07, 6.45) is 2.46. The van der Waals surface area contributed by atoms with Gasteiger partial charge >= 0.3 is 0 Å². The molecule has 7 nitrogen and oxygen atoms in total. The molecule has 2 aromatic heterocycles. The first-order chi connectivity index (χ1) is 18.0. The quantitative estimate of drug-likeness (QED) is 0.355. The number of amides is 1. The second kappa shape index (κ2) is 10.7. The van der Waals surface area contributed by atoms with E-state index in [-0.39, 0.29) is 17.6 Å². The molecule has 1 aliphatic rings. The highest BCUT2D eigenvalue weighted by Gasteiger charge is 2.29. The average molecular weight is 501 g/mol. The van der Waals surface area contributed by atoms with Crippen LogP contribution < -0.4 is 4.90 Å². The molecular weight excluding hydrogens is 467 g/mol. The van der Waals surface area contributed by atoms with Gasteiger partial charge in [0.15, 0.2) is 5.65 Å². The Kier molecular flexibility index (Phi) is 7.17. The minimum Gasteiger partial charge on any atom is -0.352 e. The number of anilines is 1. The lowest BCUT2D eigenvalue weighted by Gasteiger charge is -2.37. The van der Waals surface area contributed by atoms with E-state index >= 15 is 0 Å². The molecule has 1 fully saturated rings. The molecule has 37 heavy (non-hydrogen) atoms. The molecular formula is C29H33FN6O. The van der Waals surface area contributed by atoms with E-state index in [0.29, 0.717) is 26.2 Å². The molecule has 5 rings (SSSR count). The van der Waals surface area contributed by atoms with Gasteiger partial charge in [-0.1, -0.05) is 44.2 Å². The highest BCUT2D eigenvalue weighted by molar-refractivity contribution is 5.91. The van der Waals surface area contributed by atoms with Crippen LogP contribution in [-0.4, -0.2) is 56.7 Å². The van der Waals surface area contributed by atoms with Crippen molar-refractivity contribution in [1.29, 1.82) is 0 Å². The van der Waals surface area contributed by atoms with E-state index in [1.54, 1.807) is 16.8 Å². The van der Waals surface area contributed by atoms with Crippen LogP contribution in [0.3, 0.4) is 0 Å². The zero-order valence-corrected chi connectivity index (χ0v) is 21.7. The Hall–Kier alpha value is -3.81. The summed E-state index contributed by atoms with van der Waals surface area (Å²) in [4.78, 5) is 27.5. The number of carbonyl (C=O) groups excluding carboxylic acids is 1. The third-order valence-electron chi connectivity index (χ3n) is 7.07. The first kappa shape index (κ1) is 24.9. The fraction of sp³-hybridized carbons (Fsp3) is 0.379. The second-order valence-electron chi connectivity index (χ2n) is 9.57. The number of piperazine rings is 1. The molecule has 1 aliphatic heterocycles. The third-order valence-corrected chi connectivity index (χ3v) is 7.07. The molecule has 0 spiro atoms. The number of fused-ring (bicyclic) bond motifs is 1. The fourth-order valence-electron chi connectivity index (χ4n) is 5.13. The van der Waals surface area contributed by atoms with E-state index in [9.17, 15) is 9.18 Å². The van der Waals surface area contributed by atoms with Crippen LogP contribution in [0.1, 0.15) is 49.7 Å². The summed E-state index contributed by atoms with van der Waals surface area (Å²) < 4.78 is 15.3. The van der Waals surface area contributed by atoms with E-state index in [2.05, 4.69) is 18.7 Å². The Morgan fingerprint density at radius 2 is 1.68 bits per heavy atom. The first-order valence-electron chi connectivity index (χ1n) is 13.1. The third kappa shape index (κ3) is 4.92. The second-order valence-corrected chi connectivity index (χ2v) is 9.57. The van der Waals surface area contributed by atoms with Gasteiger partial charge in [-0.3, -0.25) is 4.79 Å². The van der Waals surface area contributed by atoms with Gasteiger partial charge in [-0.15, -0.1) is 0 Å². The van der Waals surface area contributed by atoms with Gasteiger partial charge in [0.25, 0.3) is 0 Å². The number of carbonyl (C=O) groups is 1. The lowest BCUT2D eigenvalue weighted by atomic mass is 9.95. The number of aryl methyl sites for hydroxylation is 2. The summed E-state index contributed by atoms with van der Waals surface area (Å²) >= 11 is 0. The van der Waals surface area contributed by atoms with Gasteiger partial charge in [-0.25, -0.2) is 19.0 Å². The molecule has 192 valence electrons. The van der Waals surface area contributed by atoms with Crippen molar-refractivity contribution in [2.45, 2.75) is 46.0 Å². The zero-order valence-electron chi connectivity index (χ0n) is 21.7. The van der Waals surface area contributed by atoms with Crippen molar-refractivity contribution in [3.05, 3.63) is 77.5 Å². The molecule has 3 heterocycles. The predicted octanol–water partition coefficient (Wildman–Crippen LogP) is 5.06. The molecule has 4 aromatic rings. The Labute approximate surface area is 216 Å². The van der Waals surface area contributed by atoms with Crippen molar-refractivity contribution >= 4 is 22.8 Å². The van der Waals surface area contributed by atoms with Crippen LogP contribution in [0.5, 0.6) is 0 Å². The normalized spacial score (nSPS) is 14.8. The Morgan fingerprint density at radius 3 is 2.32 bits per heavy atom. The van der Waals surface area contributed by atoms with Gasteiger partial charge in [0.1, 0.15) is 17.5 Å². The van der Waals surface area contributed by atoms with E-state index in [0.717, 1.165) is 58.9 Å². The number of aromatic nitrogens is 4. The molecule has 0 saturated carbocycles. The van der Waals surface area contributed by atoms with Crippen LogP contribution in [0, 0.1) is 12.7 Å². The number of hydrogen-bond acceptors (Lipinski definition) is 5. The smallest absolute Gasteiger partial charge is 0.230 e. The van der Waals surface area contributed by atoms with E-state index in [4.69, 9.17) is 15.1 Å². The minimum absolute atomic E-state index is 0.120. The lowest BCUT2D eigenvalue weighted by Crippen LogP contribution is -2.50. The average Bonchev–Trinajstić information content (AvgIpc) is 3.26. The van der Waals surface area contributed by atoms with Crippen molar-refractivity contribution in [1.82, 2.24) is 24.6 Å². The van der Waals surface area contributed by atoms with Crippen LogP contribution >= 0.6 is 0 Å². The van der Waals surface area contributed by atoms with Crippen molar-refractivity contribution in [3.63, 3.8) is 0 Å². The van der Waals surface area contributed by atoms with Crippen LogP contribution in [0.25, 0.3) is 16.7 Å². The molecule has 0 bridgehead atoms. The maximum Gasteiger partial charge on any atom is 0.230 e. The van der Waals surface area contributed by atoms with Gasteiger partial charge in [-0.2, -0.15) is 5.10 Å². The molecule has 0 unspecified atom stereocenters. The highest BCUT2D eigenvalue weighted by Crippen LogP contribution is 2.31. The topological polar surface area (TPSA) is 67.2 Å². The van der Waals surface area contributed by atoms with Gasteiger partial charge in [0.05, 0.1) is 22.7 Å². The number of halogens is 1. The summed E-state index contributed by atoms with van der Waals surface area (Å²) in [5.74, 6) is 1.41. The van der Waals surface area contributed by atoms with Crippen molar-refractivity contribution in [2.24, 2.45) is 0 Å². The van der Waals surface area contributed by atoms with E-state index in [1.165, 1.54) is 12.1 Å². The van der Waals surface area contributed by atoms with Crippen molar-refractivity contribution in [3.8, 4) is 5.69 Å². The molecule has 0 radical (unpaired) electrons. The molecule has 1 amide bonds. The summed E-state index contributed by atoms with van der Waals surface area (Å²) in [6.45, 7) is 8.80. The number of benzene rings is 2. The monoisotopic (exact) mass is 500 g/mol. The minimum atomic E-state index is -0.288. The zero-order chi connectivity index (χ0) is 25.9. The Balaban J connectivity index is 1.44. The largest absolute Gasteiger partial charge is 0.352 e. The van der Waals surface area contributed by atoms with Gasteiger partial charge in [0, 0.05) is 32.6 Å². The summed E-state index contributed by atoms with van der Waals surface area (Å²) in [5, 5.41) is 5.66. The van der Waals surface area contributed by atoms with Crippen LogP contribution in [-0.2, 0) is 11.2 Å². The highest BCUT2D eigenvalue weighted by atomic mass is 19.1. The van der Waals surface area contributed by atoms with Crippen LogP contribution in [0.2, 0.25) is 0 Å². The molecule has 8 heteroatoms. The molecule has 0 N–H and O–H groups in total. The van der Waals surface area contributed by atoms with Crippen LogP contribution in [0.15, 0.2) is 54.6 Å². The summed E-state index contributed by atoms with van der Waals surface area (Å²) in [5.41, 5.74) is 3.38. The Bertz CT molecular complexity index is 1380. The Morgan fingerprint density at radius 1 is 0.973 bits per heavy atom. The fourth-order valence-corrected chi connectivity index (χ4v) is 5.13. The maximum absolute atomic E-state index is 13.6. The number of rotatable bonds is 7. The molecule has 1 saturated heterocycles. The van der Waals surface area contributed by atoms with Gasteiger partial charge in [0.2, 0.25) is 5.91 Å². The van der Waals surface area contributed by atoms with Gasteiger partial charge < -0.3 is 9.80 Å². The molecule has 0 aliphatic carbocycles. The first-order valence-corrected chi connectivity index (χ1v) is 13.1. The standard InChI is InChI=1S/C29H33FN6O/c1-4-9-25-31-27(26-20(3)33-36(28(26)32-25)23-14-12-22(30)13-15-23)34-16-18-35(19-17-34)29(37)24(5-2)21-10-7-6-8-11-21/h6-8,10-15,24H,4-5,9,16-19H2,1-3H3/t24-/m1/s1. The van der Waals surface area contributed by atoms with Crippen molar-refractivity contribution in [2.75, 3.05) is 31.1 Å². The SMILES string of the molecule is CCCc1nc(N2CCN(C(=O)[C@H](CC)c3ccccc3)CC2)c2c(C)nn(-c3ccc(F)cc3)c2n1. The lowest BCUT2D eigenvalue weighted by molar-refractivity contribution is -0.133. The molecule has 2 aromatic carbocycles. The van der Waals surface area contributed by atoms with Crippen molar-refractivity contribution < 1.29 is 9.18 Å². The summed E-state index contributed by atoms with van der Waals surface area (Å²) in [7, 11) is 0.